The summed E-state index contributed by atoms with van der Waals surface area (Å²) in [6.45, 7) is 1.80. The van der Waals surface area contributed by atoms with Crippen LogP contribution in [0.25, 0.3) is 0 Å². The monoisotopic (exact) mass is 237 g/mol. The van der Waals surface area contributed by atoms with Gasteiger partial charge in [-0.3, -0.25) is 14.6 Å². The topological polar surface area (TPSA) is 122 Å². The van der Waals surface area contributed by atoms with E-state index >= 15 is 0 Å². The molecular weight excluding hydrogens is 226 g/mol. The number of hydrogen-bond donors (Lipinski definition) is 3. The first-order valence-electron chi connectivity index (χ1n) is 4.78. The minimum Gasteiger partial charge on any atom is -0.474 e. The summed E-state index contributed by atoms with van der Waals surface area (Å²) in [6.07, 6.45) is 1.78. The highest BCUT2D eigenvalue weighted by Crippen LogP contribution is 2.13. The van der Waals surface area contributed by atoms with Crippen molar-refractivity contribution in [3.05, 3.63) is 23.5 Å². The van der Waals surface area contributed by atoms with E-state index in [2.05, 4.69) is 10.3 Å². The van der Waals surface area contributed by atoms with Gasteiger partial charge in [-0.15, -0.1) is 0 Å². The minimum atomic E-state index is -1.62. The Bertz CT molecular complexity index is 484. The molecule has 0 spiro atoms. The molecule has 0 aliphatic heterocycles. The molecule has 0 aliphatic rings. The molecule has 1 rings (SSSR count). The van der Waals surface area contributed by atoms with Gasteiger partial charge in [-0.2, -0.15) is 0 Å². The molecule has 0 radical (unpaired) electrons. The summed E-state index contributed by atoms with van der Waals surface area (Å²) in [7, 11) is 0. The minimum absolute atomic E-state index is 0.114. The molecular formula is C10H11N3O4. The number of aliphatic carboxylic acids is 1. The van der Waals surface area contributed by atoms with Crippen LogP contribution in [0.2, 0.25) is 0 Å². The number of pyridine rings is 1. The molecule has 0 bridgehead atoms. The van der Waals surface area contributed by atoms with Gasteiger partial charge in [-0.25, -0.2) is 4.79 Å². The fourth-order valence-electron chi connectivity index (χ4n) is 1.24. The predicted octanol–water partition coefficient (Wildman–Crippen LogP) is -0.234. The highest BCUT2D eigenvalue weighted by Gasteiger charge is 2.14. The van der Waals surface area contributed by atoms with E-state index in [1.807, 2.05) is 0 Å². The zero-order valence-electron chi connectivity index (χ0n) is 9.06. The number of carbonyl (C=O) groups is 3. The van der Waals surface area contributed by atoms with Crippen LogP contribution in [0.1, 0.15) is 23.0 Å². The number of aromatic nitrogens is 1. The Kier molecular flexibility index (Phi) is 3.76. The first-order chi connectivity index (χ1) is 7.95. The summed E-state index contributed by atoms with van der Waals surface area (Å²) in [5.41, 5.74) is 5.91. The number of hydrogen-bond acceptors (Lipinski definition) is 4. The molecule has 0 unspecified atom stereocenters. The number of rotatable bonds is 3. The van der Waals surface area contributed by atoms with Crippen LogP contribution in [0.3, 0.4) is 0 Å². The highest BCUT2D eigenvalue weighted by molar-refractivity contribution is 6.36. The maximum Gasteiger partial charge on any atom is 0.394 e. The van der Waals surface area contributed by atoms with Crippen LogP contribution in [0, 0.1) is 0 Å². The molecule has 0 saturated carbocycles. The van der Waals surface area contributed by atoms with Crippen LogP contribution in [0.15, 0.2) is 12.3 Å². The number of anilines is 1. The molecule has 0 aromatic carbocycles. The van der Waals surface area contributed by atoms with Crippen molar-refractivity contribution in [3.8, 4) is 0 Å². The van der Waals surface area contributed by atoms with Gasteiger partial charge in [0.05, 0.1) is 23.1 Å². The summed E-state index contributed by atoms with van der Waals surface area (Å²) < 4.78 is 0. The fraction of sp³-hybridized carbons (Fsp3) is 0.200. The maximum atomic E-state index is 11.1. The molecule has 17 heavy (non-hydrogen) atoms. The zero-order valence-corrected chi connectivity index (χ0v) is 9.06. The first-order valence-corrected chi connectivity index (χ1v) is 4.78. The van der Waals surface area contributed by atoms with Crippen molar-refractivity contribution in [1.82, 2.24) is 4.98 Å². The molecule has 90 valence electrons. The molecule has 4 N–H and O–H groups in total. The van der Waals surface area contributed by atoms with Gasteiger partial charge in [0.2, 0.25) is 0 Å². The number of nitrogens with zero attached hydrogens (tertiary/aromatic N) is 1. The van der Waals surface area contributed by atoms with Crippen molar-refractivity contribution in [2.45, 2.75) is 13.3 Å². The van der Waals surface area contributed by atoms with Crippen molar-refractivity contribution in [2.24, 2.45) is 5.73 Å². The van der Waals surface area contributed by atoms with E-state index in [1.54, 1.807) is 6.92 Å². The Morgan fingerprint density at radius 1 is 1.47 bits per heavy atom. The quantitative estimate of drug-likeness (QED) is 0.626. The second-order valence-electron chi connectivity index (χ2n) is 3.20. The van der Waals surface area contributed by atoms with Gasteiger partial charge in [0.15, 0.2) is 0 Å². The van der Waals surface area contributed by atoms with Crippen LogP contribution in [-0.2, 0) is 16.0 Å². The zero-order chi connectivity index (χ0) is 13.0. The van der Waals surface area contributed by atoms with Crippen molar-refractivity contribution in [1.29, 1.82) is 0 Å². The van der Waals surface area contributed by atoms with E-state index in [4.69, 9.17) is 10.8 Å². The first kappa shape index (κ1) is 12.6. The summed E-state index contributed by atoms with van der Waals surface area (Å²) in [5, 5.41) is 10.5. The lowest BCUT2D eigenvalue weighted by atomic mass is 10.1. The summed E-state index contributed by atoms with van der Waals surface area (Å²) in [5.74, 6) is -3.50. The van der Waals surface area contributed by atoms with Crippen molar-refractivity contribution in [3.63, 3.8) is 0 Å². The van der Waals surface area contributed by atoms with Crippen LogP contribution < -0.4 is 11.1 Å². The Labute approximate surface area is 96.6 Å². The number of aryl methyl sites for hydroxylation is 1. The van der Waals surface area contributed by atoms with Crippen LogP contribution in [-0.4, -0.2) is 27.9 Å². The molecule has 0 aliphatic carbocycles. The summed E-state index contributed by atoms with van der Waals surface area (Å²) >= 11 is 0. The lowest BCUT2D eigenvalue weighted by Gasteiger charge is -2.06. The third-order valence-electron chi connectivity index (χ3n) is 2.02. The van der Waals surface area contributed by atoms with E-state index in [0.29, 0.717) is 12.1 Å². The van der Waals surface area contributed by atoms with Crippen molar-refractivity contribution < 1.29 is 19.5 Å². The molecule has 0 fully saturated rings. The Morgan fingerprint density at radius 2 is 2.12 bits per heavy atom. The smallest absolute Gasteiger partial charge is 0.394 e. The Balaban J connectivity index is 3.04. The molecule has 0 atom stereocenters. The molecule has 1 aromatic rings. The van der Waals surface area contributed by atoms with Gasteiger partial charge in [0, 0.05) is 0 Å². The third kappa shape index (κ3) is 3.00. The van der Waals surface area contributed by atoms with Crippen LogP contribution in [0.5, 0.6) is 0 Å². The number of primary amides is 1. The predicted molar refractivity (Wildman–Crippen MR) is 58.4 cm³/mol. The SMILES string of the molecule is CCc1ncc(NC(=O)C(=O)O)cc1C(N)=O. The Hall–Kier alpha value is -2.44. The third-order valence-corrected chi connectivity index (χ3v) is 2.02. The van der Waals surface area contributed by atoms with Crippen molar-refractivity contribution in [2.75, 3.05) is 5.32 Å². The molecule has 2 amide bonds. The van der Waals surface area contributed by atoms with Gasteiger partial charge < -0.3 is 16.2 Å². The standard InChI is InChI=1S/C10H11N3O4/c1-2-7-6(8(11)14)3-5(4-12-7)13-9(15)10(16)17/h3-4H,2H2,1H3,(H2,11,14)(H,13,15)(H,16,17). The number of carbonyl (C=O) groups excluding carboxylic acids is 2. The lowest BCUT2D eigenvalue weighted by molar-refractivity contribution is -0.147. The van der Waals surface area contributed by atoms with Crippen molar-refractivity contribution >= 4 is 23.5 Å². The van der Waals surface area contributed by atoms with Crippen LogP contribution in [0.4, 0.5) is 5.69 Å². The average Bonchev–Trinajstić information content (AvgIpc) is 2.28. The average molecular weight is 237 g/mol. The largest absolute Gasteiger partial charge is 0.474 e. The highest BCUT2D eigenvalue weighted by atomic mass is 16.4. The lowest BCUT2D eigenvalue weighted by Crippen LogP contribution is -2.23. The second-order valence-corrected chi connectivity index (χ2v) is 3.20. The van der Waals surface area contributed by atoms with E-state index < -0.39 is 17.8 Å². The Morgan fingerprint density at radius 3 is 2.59 bits per heavy atom. The molecule has 1 aromatic heterocycles. The fourth-order valence-corrected chi connectivity index (χ4v) is 1.24. The van der Waals surface area contributed by atoms with Crippen LogP contribution >= 0.6 is 0 Å². The molecule has 1 heterocycles. The number of amides is 2. The second kappa shape index (κ2) is 5.06. The number of nitrogens with two attached hydrogens (primary N) is 1. The summed E-state index contributed by atoms with van der Waals surface area (Å²) in [4.78, 5) is 36.2. The van der Waals surface area contributed by atoms with Gasteiger partial charge in [-0.05, 0) is 12.5 Å². The summed E-state index contributed by atoms with van der Waals surface area (Å²) in [6, 6.07) is 1.30. The van der Waals surface area contributed by atoms with E-state index in [-0.39, 0.29) is 11.3 Å². The van der Waals surface area contributed by atoms with E-state index in [9.17, 15) is 14.4 Å². The van der Waals surface area contributed by atoms with E-state index in [1.165, 1.54) is 12.3 Å². The van der Waals surface area contributed by atoms with Gasteiger partial charge in [0.25, 0.3) is 5.91 Å². The molecule has 7 heteroatoms. The normalized spacial score (nSPS) is 9.71. The number of nitrogens with one attached hydrogen (secondary N) is 1. The van der Waals surface area contributed by atoms with Gasteiger partial charge in [0.1, 0.15) is 0 Å². The molecule has 7 nitrogen and oxygen atoms in total. The number of carboxylic acid groups (broad SMARTS) is 1. The molecule has 0 saturated heterocycles. The number of carboxylic acids is 1. The van der Waals surface area contributed by atoms with E-state index in [0.717, 1.165) is 0 Å². The maximum absolute atomic E-state index is 11.1. The van der Waals surface area contributed by atoms with Gasteiger partial charge >= 0.3 is 11.9 Å². The van der Waals surface area contributed by atoms with Gasteiger partial charge in [-0.1, -0.05) is 6.92 Å².